The summed E-state index contributed by atoms with van der Waals surface area (Å²) in [7, 11) is 0. The number of carbonyl (C=O) groups is 2. The van der Waals surface area contributed by atoms with E-state index in [0.29, 0.717) is 10.6 Å². The highest BCUT2D eigenvalue weighted by molar-refractivity contribution is 7.14. The van der Waals surface area contributed by atoms with E-state index in [-0.39, 0.29) is 12.5 Å². The Hall–Kier alpha value is -2.34. The number of nitrogens with two attached hydrogens (primary N) is 1. The highest BCUT2D eigenvalue weighted by Gasteiger charge is 2.11. The molecular formula is C13H13N3O2S. The van der Waals surface area contributed by atoms with Crippen LogP contribution in [0.5, 0.6) is 0 Å². The van der Waals surface area contributed by atoms with Crippen molar-refractivity contribution >= 4 is 33.8 Å². The Kier molecular flexibility index (Phi) is 4.15. The second kappa shape index (κ2) is 6.01. The number of thiophene rings is 1. The average Bonchev–Trinajstić information content (AvgIpc) is 2.86. The molecule has 2 amide bonds. The number of para-hydroxylation sites is 1. The third-order valence-electron chi connectivity index (χ3n) is 2.41. The van der Waals surface area contributed by atoms with E-state index >= 15 is 0 Å². The first-order valence-corrected chi connectivity index (χ1v) is 6.51. The van der Waals surface area contributed by atoms with Gasteiger partial charge in [-0.25, -0.2) is 0 Å². The van der Waals surface area contributed by atoms with Gasteiger partial charge in [0.15, 0.2) is 0 Å². The van der Waals surface area contributed by atoms with Crippen molar-refractivity contribution in [3.63, 3.8) is 0 Å². The van der Waals surface area contributed by atoms with Gasteiger partial charge in [-0.15, -0.1) is 11.3 Å². The Labute approximate surface area is 114 Å². The molecule has 19 heavy (non-hydrogen) atoms. The van der Waals surface area contributed by atoms with E-state index in [9.17, 15) is 9.59 Å². The molecule has 2 aromatic rings. The number of nitrogens with one attached hydrogen (secondary N) is 2. The van der Waals surface area contributed by atoms with Crippen LogP contribution in [0.4, 0.5) is 10.7 Å². The number of benzene rings is 1. The monoisotopic (exact) mass is 275 g/mol. The summed E-state index contributed by atoms with van der Waals surface area (Å²) < 4.78 is 0. The topological polar surface area (TPSA) is 84.2 Å². The molecule has 98 valence electrons. The van der Waals surface area contributed by atoms with Crippen LogP contribution in [-0.4, -0.2) is 18.4 Å². The van der Waals surface area contributed by atoms with E-state index in [4.69, 9.17) is 5.73 Å². The maximum Gasteiger partial charge on any atom is 0.251 e. The third kappa shape index (κ3) is 3.56. The van der Waals surface area contributed by atoms with Gasteiger partial charge in [0.05, 0.1) is 12.1 Å². The van der Waals surface area contributed by atoms with E-state index in [1.165, 1.54) is 11.3 Å². The van der Waals surface area contributed by atoms with Crippen LogP contribution in [-0.2, 0) is 4.79 Å². The van der Waals surface area contributed by atoms with Crippen molar-refractivity contribution in [1.82, 2.24) is 0 Å². The first-order valence-electron chi connectivity index (χ1n) is 5.63. The summed E-state index contributed by atoms with van der Waals surface area (Å²) in [4.78, 5) is 22.8. The molecule has 0 aliphatic heterocycles. The highest BCUT2D eigenvalue weighted by atomic mass is 32.1. The van der Waals surface area contributed by atoms with Gasteiger partial charge in [-0.05, 0) is 23.6 Å². The standard InChI is InChI=1S/C13H13N3O2S/c14-12(18)10-6-7-19-13(10)16-11(17)8-15-9-4-2-1-3-5-9/h1-7,15H,8H2,(H2,14,18)(H,16,17). The van der Waals surface area contributed by atoms with Crippen LogP contribution in [0.3, 0.4) is 0 Å². The fourth-order valence-corrected chi connectivity index (χ4v) is 2.32. The molecule has 1 aromatic heterocycles. The molecule has 0 bridgehead atoms. The zero-order valence-corrected chi connectivity index (χ0v) is 10.9. The summed E-state index contributed by atoms with van der Waals surface area (Å²) in [6.45, 7) is 0.125. The molecule has 1 heterocycles. The number of hydrogen-bond donors (Lipinski definition) is 3. The van der Waals surface area contributed by atoms with Crippen LogP contribution >= 0.6 is 11.3 Å². The van der Waals surface area contributed by atoms with Gasteiger partial charge in [0.1, 0.15) is 5.00 Å². The second-order valence-corrected chi connectivity index (χ2v) is 4.71. The lowest BCUT2D eigenvalue weighted by atomic mass is 10.3. The van der Waals surface area contributed by atoms with Crippen LogP contribution in [0, 0.1) is 0 Å². The summed E-state index contributed by atoms with van der Waals surface area (Å²) >= 11 is 1.27. The molecule has 0 fully saturated rings. The molecule has 2 rings (SSSR count). The van der Waals surface area contributed by atoms with Gasteiger partial charge in [-0.1, -0.05) is 18.2 Å². The molecule has 0 atom stereocenters. The van der Waals surface area contributed by atoms with Crippen LogP contribution in [0.2, 0.25) is 0 Å². The molecule has 0 saturated carbocycles. The Morgan fingerprint density at radius 1 is 1.16 bits per heavy atom. The maximum atomic E-state index is 11.7. The quantitative estimate of drug-likeness (QED) is 0.779. The molecule has 0 aliphatic rings. The minimum Gasteiger partial charge on any atom is -0.376 e. The molecule has 0 aliphatic carbocycles. The van der Waals surface area contributed by atoms with E-state index in [0.717, 1.165) is 5.69 Å². The fourth-order valence-electron chi connectivity index (χ4n) is 1.51. The summed E-state index contributed by atoms with van der Waals surface area (Å²) in [5.41, 5.74) is 6.39. The number of primary amides is 1. The van der Waals surface area contributed by atoms with Crippen LogP contribution < -0.4 is 16.4 Å². The van der Waals surface area contributed by atoms with Gasteiger partial charge in [0.2, 0.25) is 5.91 Å². The Bertz CT molecular complexity index is 581. The van der Waals surface area contributed by atoms with Gasteiger partial charge >= 0.3 is 0 Å². The van der Waals surface area contributed by atoms with Crippen LogP contribution in [0.25, 0.3) is 0 Å². The molecule has 4 N–H and O–H groups in total. The zero-order valence-electron chi connectivity index (χ0n) is 10.1. The Balaban J connectivity index is 1.91. The van der Waals surface area contributed by atoms with Crippen LogP contribution in [0.15, 0.2) is 41.8 Å². The van der Waals surface area contributed by atoms with Gasteiger partial charge in [-0.3, -0.25) is 9.59 Å². The largest absolute Gasteiger partial charge is 0.376 e. The molecule has 0 saturated heterocycles. The summed E-state index contributed by atoms with van der Waals surface area (Å²) in [6, 6.07) is 11.0. The van der Waals surface area contributed by atoms with Crippen molar-refractivity contribution in [2.75, 3.05) is 17.2 Å². The lowest BCUT2D eigenvalue weighted by molar-refractivity contribution is -0.114. The van der Waals surface area contributed by atoms with E-state index in [2.05, 4.69) is 10.6 Å². The van der Waals surface area contributed by atoms with Crippen LogP contribution in [0.1, 0.15) is 10.4 Å². The van der Waals surface area contributed by atoms with Crippen molar-refractivity contribution in [1.29, 1.82) is 0 Å². The van der Waals surface area contributed by atoms with Gasteiger partial charge in [0, 0.05) is 5.69 Å². The third-order valence-corrected chi connectivity index (χ3v) is 3.24. The molecule has 0 spiro atoms. The van der Waals surface area contributed by atoms with Crippen molar-refractivity contribution in [2.24, 2.45) is 5.73 Å². The highest BCUT2D eigenvalue weighted by Crippen LogP contribution is 2.22. The van der Waals surface area contributed by atoms with Gasteiger partial charge < -0.3 is 16.4 Å². The molecule has 1 aromatic carbocycles. The van der Waals surface area contributed by atoms with Gasteiger partial charge in [0.25, 0.3) is 5.91 Å². The van der Waals surface area contributed by atoms with Crippen molar-refractivity contribution in [2.45, 2.75) is 0 Å². The van der Waals surface area contributed by atoms with E-state index in [1.807, 2.05) is 30.3 Å². The predicted molar refractivity (Wildman–Crippen MR) is 76.4 cm³/mol. The van der Waals surface area contributed by atoms with E-state index < -0.39 is 5.91 Å². The minimum absolute atomic E-state index is 0.125. The Morgan fingerprint density at radius 2 is 1.89 bits per heavy atom. The van der Waals surface area contributed by atoms with Gasteiger partial charge in [-0.2, -0.15) is 0 Å². The number of amides is 2. The van der Waals surface area contributed by atoms with Crippen molar-refractivity contribution in [3.05, 3.63) is 47.3 Å². The lowest BCUT2D eigenvalue weighted by Crippen LogP contribution is -2.23. The maximum absolute atomic E-state index is 11.7. The van der Waals surface area contributed by atoms with E-state index in [1.54, 1.807) is 11.4 Å². The first kappa shape index (κ1) is 13.1. The number of hydrogen-bond acceptors (Lipinski definition) is 4. The number of anilines is 2. The fraction of sp³-hybridized carbons (Fsp3) is 0.0769. The zero-order chi connectivity index (χ0) is 13.7. The second-order valence-electron chi connectivity index (χ2n) is 3.80. The smallest absolute Gasteiger partial charge is 0.251 e. The molecule has 0 unspecified atom stereocenters. The normalized spacial score (nSPS) is 9.89. The molecule has 5 nitrogen and oxygen atoms in total. The van der Waals surface area contributed by atoms with Crippen molar-refractivity contribution < 1.29 is 9.59 Å². The lowest BCUT2D eigenvalue weighted by Gasteiger charge is -2.07. The summed E-state index contributed by atoms with van der Waals surface area (Å²) in [5.74, 6) is -0.777. The molecule has 6 heteroatoms. The summed E-state index contributed by atoms with van der Waals surface area (Å²) in [5, 5.41) is 7.83. The summed E-state index contributed by atoms with van der Waals surface area (Å²) in [6.07, 6.45) is 0. The Morgan fingerprint density at radius 3 is 2.58 bits per heavy atom. The molecule has 0 radical (unpaired) electrons. The molecular weight excluding hydrogens is 262 g/mol. The predicted octanol–water partition coefficient (Wildman–Crippen LogP) is 1.90. The SMILES string of the molecule is NC(=O)c1ccsc1NC(=O)CNc1ccccc1. The minimum atomic E-state index is -0.549. The van der Waals surface area contributed by atoms with Crippen molar-refractivity contribution in [3.8, 4) is 0 Å². The number of rotatable bonds is 5. The average molecular weight is 275 g/mol. The first-order chi connectivity index (χ1) is 9.16. The number of carbonyl (C=O) groups excluding carboxylic acids is 2.